The van der Waals surface area contributed by atoms with Crippen LogP contribution in [0.15, 0.2) is 12.1 Å². The second kappa shape index (κ2) is 6.25. The number of rotatable bonds is 5. The van der Waals surface area contributed by atoms with Gasteiger partial charge in [-0.05, 0) is 19.4 Å². The first-order valence-electron chi connectivity index (χ1n) is 5.60. The molecule has 1 aromatic carbocycles. The molecular weight excluding hydrogens is 218 g/mol. The van der Waals surface area contributed by atoms with Crippen molar-refractivity contribution in [1.29, 1.82) is 0 Å². The first-order chi connectivity index (χ1) is 8.08. The summed E-state index contributed by atoms with van der Waals surface area (Å²) >= 11 is 0. The fraction of sp³-hybridized carbons (Fsp3) is 0.462. The van der Waals surface area contributed by atoms with Gasteiger partial charge in [0, 0.05) is 12.1 Å². The number of benzene rings is 1. The van der Waals surface area contributed by atoms with Gasteiger partial charge in [0.15, 0.2) is 0 Å². The van der Waals surface area contributed by atoms with Crippen molar-refractivity contribution >= 4 is 5.91 Å². The summed E-state index contributed by atoms with van der Waals surface area (Å²) in [5.74, 6) is 0.650. The van der Waals surface area contributed by atoms with Gasteiger partial charge in [-0.2, -0.15) is 0 Å². The minimum absolute atomic E-state index is 0.0459. The van der Waals surface area contributed by atoms with Crippen molar-refractivity contribution in [1.82, 2.24) is 5.32 Å². The van der Waals surface area contributed by atoms with Gasteiger partial charge in [-0.25, -0.2) is 0 Å². The number of aliphatic hydroxyl groups is 1. The van der Waals surface area contributed by atoms with Gasteiger partial charge >= 0.3 is 0 Å². The molecule has 0 saturated heterocycles. The minimum atomic E-state index is -0.109. The van der Waals surface area contributed by atoms with E-state index in [0.717, 1.165) is 22.4 Å². The molecule has 0 heterocycles. The molecule has 0 fully saturated rings. The Morgan fingerprint density at radius 1 is 1.41 bits per heavy atom. The van der Waals surface area contributed by atoms with Crippen LogP contribution in [0.2, 0.25) is 0 Å². The largest absolute Gasteiger partial charge is 0.496 e. The molecule has 1 amide bonds. The second-order valence-electron chi connectivity index (χ2n) is 4.02. The molecule has 4 heteroatoms. The van der Waals surface area contributed by atoms with Crippen LogP contribution in [-0.4, -0.2) is 31.3 Å². The SMILES string of the molecule is COc1c(C)cc(C)cc1CC(=O)NCCO. The van der Waals surface area contributed by atoms with Crippen molar-refractivity contribution in [2.24, 2.45) is 0 Å². The van der Waals surface area contributed by atoms with Crippen LogP contribution in [0.3, 0.4) is 0 Å². The third-order valence-electron chi connectivity index (χ3n) is 2.48. The maximum Gasteiger partial charge on any atom is 0.224 e. The number of methoxy groups -OCH3 is 1. The van der Waals surface area contributed by atoms with Gasteiger partial charge in [-0.1, -0.05) is 17.7 Å². The topological polar surface area (TPSA) is 58.6 Å². The van der Waals surface area contributed by atoms with Crippen LogP contribution in [-0.2, 0) is 11.2 Å². The number of carbonyl (C=O) groups is 1. The summed E-state index contributed by atoms with van der Waals surface area (Å²) < 4.78 is 5.31. The highest BCUT2D eigenvalue weighted by Crippen LogP contribution is 2.25. The van der Waals surface area contributed by atoms with E-state index in [2.05, 4.69) is 5.32 Å². The Balaban J connectivity index is 2.85. The lowest BCUT2D eigenvalue weighted by Crippen LogP contribution is -2.28. The average Bonchev–Trinajstić information content (AvgIpc) is 2.25. The zero-order valence-corrected chi connectivity index (χ0v) is 10.5. The maximum absolute atomic E-state index is 11.6. The molecule has 17 heavy (non-hydrogen) atoms. The van der Waals surface area contributed by atoms with Crippen LogP contribution >= 0.6 is 0 Å². The van der Waals surface area contributed by atoms with Gasteiger partial charge in [0.25, 0.3) is 0 Å². The summed E-state index contributed by atoms with van der Waals surface area (Å²) in [4.78, 5) is 11.6. The molecule has 94 valence electrons. The van der Waals surface area contributed by atoms with Gasteiger partial charge in [0.2, 0.25) is 5.91 Å². The predicted octanol–water partition coefficient (Wildman–Crippen LogP) is 0.963. The van der Waals surface area contributed by atoms with E-state index >= 15 is 0 Å². The van der Waals surface area contributed by atoms with Crippen LogP contribution in [0.25, 0.3) is 0 Å². The summed E-state index contributed by atoms with van der Waals surface area (Å²) in [5.41, 5.74) is 3.01. The molecule has 0 aromatic heterocycles. The van der Waals surface area contributed by atoms with Gasteiger partial charge in [0.1, 0.15) is 5.75 Å². The van der Waals surface area contributed by atoms with E-state index in [1.54, 1.807) is 7.11 Å². The quantitative estimate of drug-likeness (QED) is 0.802. The Hall–Kier alpha value is -1.55. The van der Waals surface area contributed by atoms with Crippen molar-refractivity contribution in [2.75, 3.05) is 20.3 Å². The Morgan fingerprint density at radius 3 is 2.71 bits per heavy atom. The van der Waals surface area contributed by atoms with E-state index in [-0.39, 0.29) is 25.5 Å². The molecule has 0 spiro atoms. The van der Waals surface area contributed by atoms with E-state index in [0.29, 0.717) is 0 Å². The van der Waals surface area contributed by atoms with E-state index in [1.165, 1.54) is 0 Å². The molecule has 1 aromatic rings. The standard InChI is InChI=1S/C13H19NO3/c1-9-6-10(2)13(17-3)11(7-9)8-12(16)14-4-5-15/h6-7,15H,4-5,8H2,1-3H3,(H,14,16). The van der Waals surface area contributed by atoms with Crippen LogP contribution < -0.4 is 10.1 Å². The fourth-order valence-corrected chi connectivity index (χ4v) is 1.90. The molecule has 0 aliphatic rings. The molecule has 0 atom stereocenters. The lowest BCUT2D eigenvalue weighted by molar-refractivity contribution is -0.120. The summed E-state index contributed by atoms with van der Waals surface area (Å²) in [6.07, 6.45) is 0.270. The fourth-order valence-electron chi connectivity index (χ4n) is 1.90. The Morgan fingerprint density at radius 2 is 2.12 bits per heavy atom. The molecule has 2 N–H and O–H groups in total. The van der Waals surface area contributed by atoms with Crippen LogP contribution in [0.5, 0.6) is 5.75 Å². The molecule has 0 aliphatic heterocycles. The summed E-state index contributed by atoms with van der Waals surface area (Å²) in [5, 5.41) is 11.3. The lowest BCUT2D eigenvalue weighted by atomic mass is 10.0. The first kappa shape index (κ1) is 13.5. The third-order valence-corrected chi connectivity index (χ3v) is 2.48. The number of hydrogen-bond donors (Lipinski definition) is 2. The highest BCUT2D eigenvalue weighted by Gasteiger charge is 2.11. The molecule has 0 saturated carbocycles. The van der Waals surface area contributed by atoms with Gasteiger partial charge in [-0.3, -0.25) is 4.79 Å². The highest BCUT2D eigenvalue weighted by molar-refractivity contribution is 5.79. The number of aliphatic hydroxyl groups excluding tert-OH is 1. The number of amides is 1. The third kappa shape index (κ3) is 3.75. The predicted molar refractivity (Wildman–Crippen MR) is 66.3 cm³/mol. The minimum Gasteiger partial charge on any atom is -0.496 e. The molecule has 4 nitrogen and oxygen atoms in total. The summed E-state index contributed by atoms with van der Waals surface area (Å²) in [6, 6.07) is 3.97. The lowest BCUT2D eigenvalue weighted by Gasteiger charge is -2.12. The van der Waals surface area contributed by atoms with Crippen molar-refractivity contribution in [3.8, 4) is 5.75 Å². The van der Waals surface area contributed by atoms with Crippen LogP contribution in [0, 0.1) is 13.8 Å². The van der Waals surface area contributed by atoms with E-state index < -0.39 is 0 Å². The zero-order chi connectivity index (χ0) is 12.8. The van der Waals surface area contributed by atoms with E-state index in [9.17, 15) is 4.79 Å². The number of ether oxygens (including phenoxy) is 1. The molecular formula is C13H19NO3. The average molecular weight is 237 g/mol. The van der Waals surface area contributed by atoms with Gasteiger partial charge < -0.3 is 15.2 Å². The first-order valence-corrected chi connectivity index (χ1v) is 5.60. The Kier molecular flexibility index (Phi) is 4.97. The van der Waals surface area contributed by atoms with Gasteiger partial charge in [0.05, 0.1) is 20.1 Å². The van der Waals surface area contributed by atoms with E-state index in [1.807, 2.05) is 26.0 Å². The number of carbonyl (C=O) groups excluding carboxylic acids is 1. The number of hydrogen-bond acceptors (Lipinski definition) is 3. The molecule has 0 unspecified atom stereocenters. The molecule has 0 radical (unpaired) electrons. The van der Waals surface area contributed by atoms with E-state index in [4.69, 9.17) is 9.84 Å². The van der Waals surface area contributed by atoms with Gasteiger partial charge in [-0.15, -0.1) is 0 Å². The monoisotopic (exact) mass is 237 g/mol. The Labute approximate surface area is 102 Å². The van der Waals surface area contributed by atoms with Crippen molar-refractivity contribution in [3.05, 3.63) is 28.8 Å². The van der Waals surface area contributed by atoms with Crippen LogP contribution in [0.1, 0.15) is 16.7 Å². The summed E-state index contributed by atoms with van der Waals surface area (Å²) in [7, 11) is 1.60. The highest BCUT2D eigenvalue weighted by atomic mass is 16.5. The van der Waals surface area contributed by atoms with Crippen molar-refractivity contribution in [3.63, 3.8) is 0 Å². The second-order valence-corrected chi connectivity index (χ2v) is 4.02. The zero-order valence-electron chi connectivity index (χ0n) is 10.5. The van der Waals surface area contributed by atoms with Crippen molar-refractivity contribution in [2.45, 2.75) is 20.3 Å². The smallest absolute Gasteiger partial charge is 0.224 e. The normalized spacial score (nSPS) is 10.1. The number of nitrogens with one attached hydrogen (secondary N) is 1. The maximum atomic E-state index is 11.6. The molecule has 0 aliphatic carbocycles. The Bertz CT molecular complexity index is 402. The number of aryl methyl sites for hydroxylation is 2. The van der Waals surface area contributed by atoms with Crippen molar-refractivity contribution < 1.29 is 14.6 Å². The molecule has 0 bridgehead atoms. The summed E-state index contributed by atoms with van der Waals surface area (Å²) in [6.45, 7) is 4.18. The van der Waals surface area contributed by atoms with Crippen LogP contribution in [0.4, 0.5) is 0 Å². The molecule has 1 rings (SSSR count).